The molecule has 5 nitrogen and oxygen atoms in total. The fourth-order valence-corrected chi connectivity index (χ4v) is 3.35. The van der Waals surface area contributed by atoms with E-state index < -0.39 is 6.16 Å². The molecule has 0 aliphatic carbocycles. The number of rotatable bonds is 8. The summed E-state index contributed by atoms with van der Waals surface area (Å²) in [5.74, 6) is 1.40. The Labute approximate surface area is 156 Å². The molecule has 0 aliphatic heterocycles. The Morgan fingerprint density at radius 2 is 1.69 bits per heavy atom. The Kier molecular flexibility index (Phi) is 6.33. The molecule has 3 aromatic rings. The van der Waals surface area contributed by atoms with Crippen molar-refractivity contribution in [3.63, 3.8) is 0 Å². The quantitative estimate of drug-likeness (QED) is 0.397. The van der Waals surface area contributed by atoms with Crippen LogP contribution in [0.5, 0.6) is 16.6 Å². The minimum atomic E-state index is -0.726. The first-order valence-electron chi connectivity index (χ1n) is 8.44. The van der Waals surface area contributed by atoms with Crippen molar-refractivity contribution in [2.24, 2.45) is 0 Å². The molecule has 1 aromatic heterocycles. The van der Waals surface area contributed by atoms with Crippen LogP contribution in [0, 0.1) is 0 Å². The predicted octanol–water partition coefficient (Wildman–Crippen LogP) is 5.28. The first kappa shape index (κ1) is 18.1. The molecule has 6 heteroatoms. The third-order valence-electron chi connectivity index (χ3n) is 3.50. The van der Waals surface area contributed by atoms with E-state index in [0.717, 1.165) is 15.8 Å². The molecule has 0 amide bonds. The van der Waals surface area contributed by atoms with E-state index in [-0.39, 0.29) is 6.61 Å². The Morgan fingerprint density at radius 3 is 2.50 bits per heavy atom. The van der Waals surface area contributed by atoms with E-state index in [0.29, 0.717) is 30.4 Å². The number of carbonyl (C=O) groups excluding carboxylic acids is 1. The zero-order valence-electron chi connectivity index (χ0n) is 14.5. The zero-order valence-corrected chi connectivity index (χ0v) is 15.3. The fraction of sp³-hybridized carbons (Fsp3) is 0.250. The van der Waals surface area contributed by atoms with Gasteiger partial charge in [-0.05, 0) is 31.2 Å². The lowest BCUT2D eigenvalue weighted by Crippen LogP contribution is -2.10. The summed E-state index contributed by atoms with van der Waals surface area (Å²) in [5, 5.41) is 1.33. The minimum absolute atomic E-state index is 0.261. The highest BCUT2D eigenvalue weighted by Gasteiger charge is 2.18. The van der Waals surface area contributed by atoms with Gasteiger partial charge in [0.2, 0.25) is 5.06 Å². The number of hydrogen-bond donors (Lipinski definition) is 0. The molecule has 0 atom stereocenters. The van der Waals surface area contributed by atoms with Crippen LogP contribution in [0.1, 0.15) is 13.3 Å². The Morgan fingerprint density at radius 1 is 0.962 bits per heavy atom. The fourth-order valence-electron chi connectivity index (χ4n) is 2.37. The molecule has 0 aliphatic rings. The van der Waals surface area contributed by atoms with Gasteiger partial charge in [0, 0.05) is 16.5 Å². The van der Waals surface area contributed by atoms with Crippen molar-refractivity contribution in [1.29, 1.82) is 0 Å². The van der Waals surface area contributed by atoms with Crippen LogP contribution in [0.15, 0.2) is 54.6 Å². The van der Waals surface area contributed by atoms with Crippen molar-refractivity contribution in [2.75, 3.05) is 19.8 Å². The third-order valence-corrected chi connectivity index (χ3v) is 4.53. The summed E-state index contributed by atoms with van der Waals surface area (Å²) in [4.78, 5) is 11.7. The smallest absolute Gasteiger partial charge is 0.493 e. The molecule has 0 saturated heterocycles. The van der Waals surface area contributed by atoms with Crippen molar-refractivity contribution < 1.29 is 23.7 Å². The number of fused-ring (bicyclic) bond motifs is 1. The van der Waals surface area contributed by atoms with E-state index in [4.69, 9.17) is 18.9 Å². The maximum Gasteiger partial charge on any atom is 0.514 e. The van der Waals surface area contributed by atoms with Crippen LogP contribution in [-0.4, -0.2) is 26.0 Å². The summed E-state index contributed by atoms with van der Waals surface area (Å²) < 4.78 is 22.7. The summed E-state index contributed by atoms with van der Waals surface area (Å²) in [5.41, 5.74) is 0. The molecule has 2 aromatic carbocycles. The molecule has 0 spiro atoms. The van der Waals surface area contributed by atoms with Gasteiger partial charge in [-0.25, -0.2) is 4.79 Å². The Balaban J connectivity index is 1.61. The number of ether oxygens (including phenoxy) is 4. The number of benzene rings is 2. The van der Waals surface area contributed by atoms with Gasteiger partial charge < -0.3 is 18.9 Å². The van der Waals surface area contributed by atoms with Gasteiger partial charge in [-0.1, -0.05) is 41.7 Å². The van der Waals surface area contributed by atoms with Gasteiger partial charge in [0.1, 0.15) is 5.75 Å². The topological polar surface area (TPSA) is 54.0 Å². The van der Waals surface area contributed by atoms with Gasteiger partial charge in [0.25, 0.3) is 0 Å². The largest absolute Gasteiger partial charge is 0.514 e. The number of thiophene rings is 1. The standard InChI is InChI=1S/C20H20O5S/c1-2-22-20(21)25-19-18(16-11-6-7-12-17(16)26-19)24-14-8-13-23-15-9-4-3-5-10-15/h3-7,9-12H,2,8,13-14H2,1H3. The number of para-hydroxylation sites is 1. The van der Waals surface area contributed by atoms with E-state index in [1.807, 2.05) is 54.6 Å². The maximum absolute atomic E-state index is 11.7. The van der Waals surface area contributed by atoms with Gasteiger partial charge >= 0.3 is 6.16 Å². The molecular weight excluding hydrogens is 352 g/mol. The highest BCUT2D eigenvalue weighted by atomic mass is 32.1. The highest BCUT2D eigenvalue weighted by Crippen LogP contribution is 2.44. The predicted molar refractivity (Wildman–Crippen MR) is 102 cm³/mol. The Hall–Kier alpha value is -2.73. The SMILES string of the molecule is CCOC(=O)Oc1sc2ccccc2c1OCCCOc1ccccc1. The molecular formula is C20H20O5S. The first-order valence-corrected chi connectivity index (χ1v) is 9.26. The highest BCUT2D eigenvalue weighted by molar-refractivity contribution is 7.21. The lowest BCUT2D eigenvalue weighted by Gasteiger charge is -2.09. The van der Waals surface area contributed by atoms with Crippen LogP contribution >= 0.6 is 11.3 Å². The second kappa shape index (κ2) is 9.10. The number of carbonyl (C=O) groups is 1. The van der Waals surface area contributed by atoms with E-state index in [9.17, 15) is 4.79 Å². The van der Waals surface area contributed by atoms with Crippen LogP contribution in [0.2, 0.25) is 0 Å². The molecule has 0 radical (unpaired) electrons. The van der Waals surface area contributed by atoms with Gasteiger partial charge in [-0.15, -0.1) is 0 Å². The summed E-state index contributed by atoms with van der Waals surface area (Å²) in [7, 11) is 0. The van der Waals surface area contributed by atoms with Crippen LogP contribution < -0.4 is 14.2 Å². The second-order valence-electron chi connectivity index (χ2n) is 5.36. The van der Waals surface area contributed by atoms with Crippen LogP contribution in [0.3, 0.4) is 0 Å². The third kappa shape index (κ3) is 4.67. The van der Waals surface area contributed by atoms with Crippen LogP contribution in [0.25, 0.3) is 10.1 Å². The monoisotopic (exact) mass is 372 g/mol. The average molecular weight is 372 g/mol. The van der Waals surface area contributed by atoms with Crippen LogP contribution in [-0.2, 0) is 4.74 Å². The molecule has 0 saturated carbocycles. The van der Waals surface area contributed by atoms with E-state index in [1.54, 1.807) is 6.92 Å². The molecule has 136 valence electrons. The molecule has 0 fully saturated rings. The molecule has 0 unspecified atom stereocenters. The van der Waals surface area contributed by atoms with Crippen molar-refractivity contribution >= 4 is 27.6 Å². The second-order valence-corrected chi connectivity index (χ2v) is 6.38. The van der Waals surface area contributed by atoms with E-state index in [2.05, 4.69) is 0 Å². The summed E-state index contributed by atoms with van der Waals surface area (Å²) in [6.07, 6.45) is -0.0194. The zero-order chi connectivity index (χ0) is 18.2. The summed E-state index contributed by atoms with van der Waals surface area (Å²) >= 11 is 1.36. The summed E-state index contributed by atoms with van der Waals surface area (Å²) in [6.45, 7) is 2.99. The Bertz CT molecular complexity index is 844. The van der Waals surface area contributed by atoms with Crippen molar-refractivity contribution in [3.05, 3.63) is 54.6 Å². The average Bonchev–Trinajstić information content (AvgIpc) is 2.99. The van der Waals surface area contributed by atoms with Crippen molar-refractivity contribution in [2.45, 2.75) is 13.3 Å². The minimum Gasteiger partial charge on any atom is -0.493 e. The van der Waals surface area contributed by atoms with Crippen molar-refractivity contribution in [3.8, 4) is 16.6 Å². The molecule has 1 heterocycles. The molecule has 3 rings (SSSR count). The maximum atomic E-state index is 11.7. The number of hydrogen-bond acceptors (Lipinski definition) is 6. The van der Waals surface area contributed by atoms with Crippen LogP contribution in [0.4, 0.5) is 4.79 Å². The van der Waals surface area contributed by atoms with E-state index >= 15 is 0 Å². The van der Waals surface area contributed by atoms with Gasteiger partial charge in [-0.2, -0.15) is 0 Å². The molecule has 0 bridgehead atoms. The normalized spacial score (nSPS) is 10.5. The van der Waals surface area contributed by atoms with Gasteiger partial charge in [0.15, 0.2) is 5.75 Å². The van der Waals surface area contributed by atoms with Gasteiger partial charge in [0.05, 0.1) is 19.8 Å². The molecule has 0 N–H and O–H groups in total. The lowest BCUT2D eigenvalue weighted by molar-refractivity contribution is 0.104. The van der Waals surface area contributed by atoms with Crippen molar-refractivity contribution in [1.82, 2.24) is 0 Å². The summed E-state index contributed by atoms with van der Waals surface area (Å²) in [6, 6.07) is 17.4. The van der Waals surface area contributed by atoms with E-state index in [1.165, 1.54) is 11.3 Å². The first-order chi connectivity index (χ1) is 12.8. The lowest BCUT2D eigenvalue weighted by atomic mass is 10.2. The molecule has 26 heavy (non-hydrogen) atoms. The van der Waals surface area contributed by atoms with Gasteiger partial charge in [-0.3, -0.25) is 0 Å².